The minimum atomic E-state index is 0.400. The van der Waals surface area contributed by atoms with Crippen LogP contribution in [0.4, 0.5) is 17.3 Å². The fourth-order valence-corrected chi connectivity index (χ4v) is 3.31. The van der Waals surface area contributed by atoms with E-state index in [1.165, 1.54) is 5.69 Å². The van der Waals surface area contributed by atoms with Crippen LogP contribution in [-0.4, -0.2) is 42.2 Å². The van der Waals surface area contributed by atoms with E-state index in [2.05, 4.69) is 63.2 Å². The summed E-state index contributed by atoms with van der Waals surface area (Å²) in [5.41, 5.74) is 2.45. The van der Waals surface area contributed by atoms with E-state index in [0.717, 1.165) is 50.7 Å². The van der Waals surface area contributed by atoms with Crippen LogP contribution < -0.4 is 15.1 Å². The lowest BCUT2D eigenvalue weighted by Gasteiger charge is -2.32. The Bertz CT molecular complexity index is 603. The van der Waals surface area contributed by atoms with Gasteiger partial charge < -0.3 is 15.1 Å². The first kappa shape index (κ1) is 16.7. The topological polar surface area (TPSA) is 44.3 Å². The van der Waals surface area contributed by atoms with Crippen LogP contribution in [0, 0.1) is 0 Å². The lowest BCUT2D eigenvalue weighted by Crippen LogP contribution is -2.43. The second kappa shape index (κ2) is 8.11. The van der Waals surface area contributed by atoms with E-state index in [1.54, 1.807) is 0 Å². The van der Waals surface area contributed by atoms with Gasteiger partial charge in [0.15, 0.2) is 0 Å². The van der Waals surface area contributed by atoms with Crippen molar-refractivity contribution in [3.8, 4) is 0 Å². The Morgan fingerprint density at radius 1 is 1.04 bits per heavy atom. The number of hydrogen-bond donors (Lipinski definition) is 1. The van der Waals surface area contributed by atoms with Crippen LogP contribution in [0.15, 0.2) is 42.7 Å². The van der Waals surface area contributed by atoms with Gasteiger partial charge >= 0.3 is 0 Å². The fraction of sp³-hybridized carbons (Fsp3) is 0.474. The van der Waals surface area contributed by atoms with E-state index >= 15 is 0 Å². The molecule has 0 bridgehead atoms. The first-order valence-electron chi connectivity index (χ1n) is 8.95. The molecule has 1 saturated heterocycles. The highest BCUT2D eigenvalue weighted by molar-refractivity contribution is 5.62. The second-order valence-corrected chi connectivity index (χ2v) is 6.14. The monoisotopic (exact) mass is 325 g/mol. The predicted molar refractivity (Wildman–Crippen MR) is 100 cm³/mol. The number of benzene rings is 1. The number of hydrogen-bond acceptors (Lipinski definition) is 5. The van der Waals surface area contributed by atoms with Gasteiger partial charge in [0.2, 0.25) is 5.95 Å². The highest BCUT2D eigenvalue weighted by atomic mass is 15.3. The largest absolute Gasteiger partial charge is 0.369 e. The summed E-state index contributed by atoms with van der Waals surface area (Å²) < 4.78 is 0. The SMILES string of the molecule is CCC(CC)N(c1ccc(N2CCNCC2)cc1)c1ncccn1. The standard InChI is InChI=1S/C19H27N5/c1-3-16(4-2)24(19-21-10-5-11-22-19)18-8-6-17(7-9-18)23-14-12-20-13-15-23/h5-11,16,20H,3-4,12-15H2,1-2H3. The van der Waals surface area contributed by atoms with Crippen molar-refractivity contribution in [2.45, 2.75) is 32.7 Å². The summed E-state index contributed by atoms with van der Waals surface area (Å²) in [6.07, 6.45) is 5.75. The highest BCUT2D eigenvalue weighted by Crippen LogP contribution is 2.29. The van der Waals surface area contributed by atoms with E-state index in [-0.39, 0.29) is 0 Å². The van der Waals surface area contributed by atoms with Gasteiger partial charge in [0.25, 0.3) is 0 Å². The molecule has 2 heterocycles. The first-order valence-corrected chi connectivity index (χ1v) is 8.95. The van der Waals surface area contributed by atoms with Crippen LogP contribution in [0.1, 0.15) is 26.7 Å². The number of anilines is 3. The van der Waals surface area contributed by atoms with Crippen LogP contribution in [0.2, 0.25) is 0 Å². The molecule has 128 valence electrons. The molecule has 1 aromatic heterocycles. The van der Waals surface area contributed by atoms with Crippen LogP contribution in [-0.2, 0) is 0 Å². The van der Waals surface area contributed by atoms with Crippen molar-refractivity contribution in [3.63, 3.8) is 0 Å². The summed E-state index contributed by atoms with van der Waals surface area (Å²) in [6.45, 7) is 8.69. The molecule has 1 aliphatic rings. The van der Waals surface area contributed by atoms with Crippen molar-refractivity contribution in [1.29, 1.82) is 0 Å². The lowest BCUT2D eigenvalue weighted by molar-refractivity contribution is 0.589. The fourth-order valence-electron chi connectivity index (χ4n) is 3.31. The third-order valence-electron chi connectivity index (χ3n) is 4.69. The summed E-state index contributed by atoms with van der Waals surface area (Å²) in [5, 5.41) is 3.40. The summed E-state index contributed by atoms with van der Waals surface area (Å²) in [4.78, 5) is 13.7. The van der Waals surface area contributed by atoms with Crippen molar-refractivity contribution in [3.05, 3.63) is 42.7 Å². The van der Waals surface area contributed by atoms with E-state index in [9.17, 15) is 0 Å². The van der Waals surface area contributed by atoms with Gasteiger partial charge in [0, 0.05) is 56.0 Å². The van der Waals surface area contributed by atoms with Crippen molar-refractivity contribution in [1.82, 2.24) is 15.3 Å². The van der Waals surface area contributed by atoms with Gasteiger partial charge in [0.1, 0.15) is 0 Å². The van der Waals surface area contributed by atoms with Gasteiger partial charge in [-0.15, -0.1) is 0 Å². The molecule has 0 atom stereocenters. The average Bonchev–Trinajstić information content (AvgIpc) is 2.67. The summed E-state index contributed by atoms with van der Waals surface area (Å²) >= 11 is 0. The van der Waals surface area contributed by atoms with Crippen LogP contribution in [0.5, 0.6) is 0 Å². The summed E-state index contributed by atoms with van der Waals surface area (Å²) in [7, 11) is 0. The van der Waals surface area contributed by atoms with Crippen molar-refractivity contribution in [2.75, 3.05) is 36.0 Å². The van der Waals surface area contributed by atoms with Crippen molar-refractivity contribution < 1.29 is 0 Å². The quantitative estimate of drug-likeness (QED) is 0.883. The maximum atomic E-state index is 4.48. The molecule has 5 nitrogen and oxygen atoms in total. The van der Waals surface area contributed by atoms with Crippen LogP contribution >= 0.6 is 0 Å². The van der Waals surface area contributed by atoms with E-state index in [4.69, 9.17) is 0 Å². The Morgan fingerprint density at radius 2 is 1.67 bits per heavy atom. The molecule has 0 saturated carbocycles. The molecule has 0 amide bonds. The number of nitrogens with one attached hydrogen (secondary N) is 1. The average molecular weight is 325 g/mol. The van der Waals surface area contributed by atoms with Gasteiger partial charge in [-0.2, -0.15) is 0 Å². The normalized spacial score (nSPS) is 14.9. The van der Waals surface area contributed by atoms with Gasteiger partial charge in [-0.1, -0.05) is 13.8 Å². The Kier molecular flexibility index (Phi) is 5.64. The Balaban J connectivity index is 1.87. The molecule has 1 fully saturated rings. The highest BCUT2D eigenvalue weighted by Gasteiger charge is 2.20. The molecule has 0 aliphatic carbocycles. The summed E-state index contributed by atoms with van der Waals surface area (Å²) in [6, 6.07) is 11.1. The van der Waals surface area contributed by atoms with Gasteiger partial charge in [-0.3, -0.25) is 0 Å². The first-order chi connectivity index (χ1) is 11.8. The molecule has 24 heavy (non-hydrogen) atoms. The molecule has 0 unspecified atom stereocenters. The minimum Gasteiger partial charge on any atom is -0.369 e. The molecule has 1 aromatic carbocycles. The van der Waals surface area contributed by atoms with E-state index in [1.807, 2.05) is 18.5 Å². The zero-order chi connectivity index (χ0) is 16.8. The Labute approximate surface area is 144 Å². The zero-order valence-corrected chi connectivity index (χ0v) is 14.7. The van der Waals surface area contributed by atoms with Gasteiger partial charge in [0.05, 0.1) is 0 Å². The number of piperazine rings is 1. The smallest absolute Gasteiger partial charge is 0.230 e. The summed E-state index contributed by atoms with van der Waals surface area (Å²) in [5.74, 6) is 0.779. The number of nitrogens with zero attached hydrogens (tertiary/aromatic N) is 4. The maximum Gasteiger partial charge on any atom is 0.230 e. The van der Waals surface area contributed by atoms with E-state index < -0.39 is 0 Å². The Morgan fingerprint density at radius 3 is 2.25 bits per heavy atom. The number of rotatable bonds is 6. The minimum absolute atomic E-state index is 0.400. The molecule has 5 heteroatoms. The van der Waals surface area contributed by atoms with Crippen LogP contribution in [0.3, 0.4) is 0 Å². The Hall–Kier alpha value is -2.14. The molecule has 0 spiro atoms. The third-order valence-corrected chi connectivity index (χ3v) is 4.69. The second-order valence-electron chi connectivity index (χ2n) is 6.14. The molecule has 3 rings (SSSR count). The molecule has 2 aromatic rings. The lowest BCUT2D eigenvalue weighted by atomic mass is 10.1. The zero-order valence-electron chi connectivity index (χ0n) is 14.7. The van der Waals surface area contributed by atoms with Crippen molar-refractivity contribution >= 4 is 17.3 Å². The molecular formula is C19H27N5. The number of aromatic nitrogens is 2. The third kappa shape index (κ3) is 3.67. The van der Waals surface area contributed by atoms with Gasteiger partial charge in [-0.05, 0) is 43.2 Å². The predicted octanol–water partition coefficient (Wildman–Crippen LogP) is 3.21. The molecule has 1 aliphatic heterocycles. The molecule has 0 radical (unpaired) electrons. The molecule has 1 N–H and O–H groups in total. The molecular weight excluding hydrogens is 298 g/mol. The maximum absolute atomic E-state index is 4.48. The van der Waals surface area contributed by atoms with Gasteiger partial charge in [-0.25, -0.2) is 9.97 Å². The van der Waals surface area contributed by atoms with Crippen molar-refractivity contribution in [2.24, 2.45) is 0 Å². The van der Waals surface area contributed by atoms with E-state index in [0.29, 0.717) is 6.04 Å². The van der Waals surface area contributed by atoms with Crippen LogP contribution in [0.25, 0.3) is 0 Å².